The van der Waals surface area contributed by atoms with Crippen molar-refractivity contribution < 1.29 is 5.11 Å². The maximum Gasteiger partial charge on any atom is 0.0628 e. The lowest BCUT2D eigenvalue weighted by Gasteiger charge is -2.37. The van der Waals surface area contributed by atoms with Crippen LogP contribution in [0.2, 0.25) is 0 Å². The average Bonchev–Trinajstić information content (AvgIpc) is 3.00. The monoisotopic (exact) mass is 331 g/mol. The zero-order chi connectivity index (χ0) is 17.2. The van der Waals surface area contributed by atoms with Gasteiger partial charge in [-0.1, -0.05) is 82.7 Å². The molecule has 1 N–H and O–H groups in total. The number of rotatable bonds is 11. The maximum atomic E-state index is 10.2. The summed E-state index contributed by atoms with van der Waals surface area (Å²) >= 11 is 0. The van der Waals surface area contributed by atoms with Crippen molar-refractivity contribution in [1.29, 1.82) is 0 Å². The topological polar surface area (TPSA) is 23.5 Å². The molecule has 2 rings (SSSR count). The van der Waals surface area contributed by atoms with E-state index in [2.05, 4.69) is 49.1 Å². The second-order valence-electron chi connectivity index (χ2n) is 7.43. The Kier molecular flexibility index (Phi) is 8.83. The van der Waals surface area contributed by atoms with E-state index < -0.39 is 0 Å². The molecule has 1 aliphatic heterocycles. The zero-order valence-corrected chi connectivity index (χ0v) is 15.8. The van der Waals surface area contributed by atoms with Crippen LogP contribution in [0, 0.1) is 0 Å². The molecule has 136 valence electrons. The normalized spacial score (nSPS) is 22.8. The van der Waals surface area contributed by atoms with E-state index in [1.807, 2.05) is 0 Å². The van der Waals surface area contributed by atoms with Gasteiger partial charge in [-0.3, -0.25) is 4.90 Å². The smallest absolute Gasteiger partial charge is 0.0628 e. The molecule has 0 radical (unpaired) electrons. The first kappa shape index (κ1) is 19.5. The molecule has 1 saturated heterocycles. The lowest BCUT2D eigenvalue weighted by Crippen LogP contribution is -2.41. The molecule has 1 aromatic carbocycles. The van der Waals surface area contributed by atoms with Crippen molar-refractivity contribution in [2.75, 3.05) is 6.61 Å². The van der Waals surface area contributed by atoms with Crippen LogP contribution in [-0.4, -0.2) is 28.7 Å². The fourth-order valence-electron chi connectivity index (χ4n) is 4.38. The van der Waals surface area contributed by atoms with Gasteiger partial charge in [0.1, 0.15) is 0 Å². The van der Waals surface area contributed by atoms with E-state index >= 15 is 0 Å². The largest absolute Gasteiger partial charge is 0.394 e. The summed E-state index contributed by atoms with van der Waals surface area (Å²) in [5.41, 5.74) is 1.28. The van der Waals surface area contributed by atoms with Crippen LogP contribution in [0.15, 0.2) is 30.3 Å². The fraction of sp³-hybridized carbons (Fsp3) is 0.727. The number of hydrogen-bond donors (Lipinski definition) is 1. The van der Waals surface area contributed by atoms with Crippen LogP contribution in [0.1, 0.15) is 89.7 Å². The van der Waals surface area contributed by atoms with Crippen molar-refractivity contribution in [2.24, 2.45) is 0 Å². The standard InChI is InChI=1S/C22H37NO/c1-3-5-8-14-20-16-17-21(15-9-6-4-2)23(20)22(18-24)19-12-10-7-11-13-19/h7,10-13,20-22,24H,3-6,8-9,14-18H2,1-2H3/t20-,21+,22-/m1/s1. The Morgan fingerprint density at radius 2 is 1.46 bits per heavy atom. The Balaban J connectivity index is 2.11. The van der Waals surface area contributed by atoms with Gasteiger partial charge in [0, 0.05) is 12.1 Å². The Hall–Kier alpha value is -0.860. The van der Waals surface area contributed by atoms with E-state index in [0.717, 1.165) is 0 Å². The molecule has 1 aliphatic rings. The van der Waals surface area contributed by atoms with Gasteiger partial charge in [0.2, 0.25) is 0 Å². The van der Waals surface area contributed by atoms with Crippen molar-refractivity contribution in [3.05, 3.63) is 35.9 Å². The van der Waals surface area contributed by atoms with Crippen LogP contribution in [0.25, 0.3) is 0 Å². The molecular weight excluding hydrogens is 294 g/mol. The summed E-state index contributed by atoms with van der Waals surface area (Å²) < 4.78 is 0. The maximum absolute atomic E-state index is 10.2. The first-order valence-electron chi connectivity index (χ1n) is 10.2. The number of aliphatic hydroxyl groups excluding tert-OH is 1. The van der Waals surface area contributed by atoms with Crippen LogP contribution in [0.5, 0.6) is 0 Å². The number of hydrogen-bond acceptors (Lipinski definition) is 2. The van der Waals surface area contributed by atoms with E-state index in [4.69, 9.17) is 0 Å². The van der Waals surface area contributed by atoms with Crippen LogP contribution in [-0.2, 0) is 0 Å². The summed E-state index contributed by atoms with van der Waals surface area (Å²) in [4.78, 5) is 2.70. The third-order valence-electron chi connectivity index (χ3n) is 5.68. The summed E-state index contributed by atoms with van der Waals surface area (Å²) in [6.07, 6.45) is 13.1. The van der Waals surface area contributed by atoms with Gasteiger partial charge in [0.15, 0.2) is 0 Å². The number of benzene rings is 1. The fourth-order valence-corrected chi connectivity index (χ4v) is 4.38. The molecule has 0 unspecified atom stereocenters. The van der Waals surface area contributed by atoms with E-state index in [1.165, 1.54) is 69.8 Å². The Morgan fingerprint density at radius 3 is 1.92 bits per heavy atom. The van der Waals surface area contributed by atoms with E-state index in [0.29, 0.717) is 12.1 Å². The van der Waals surface area contributed by atoms with Crippen LogP contribution in [0.4, 0.5) is 0 Å². The Labute approximate surface area is 149 Å². The quantitative estimate of drug-likeness (QED) is 0.525. The number of nitrogens with zero attached hydrogens (tertiary/aromatic N) is 1. The SMILES string of the molecule is CCCCC[C@@H]1CC[C@H](CCCCC)N1[C@H](CO)c1ccccc1. The van der Waals surface area contributed by atoms with Crippen LogP contribution >= 0.6 is 0 Å². The summed E-state index contributed by atoms with van der Waals surface area (Å²) in [7, 11) is 0. The second kappa shape index (κ2) is 10.9. The molecule has 2 heteroatoms. The molecule has 3 atom stereocenters. The molecular formula is C22H37NO. The van der Waals surface area contributed by atoms with Gasteiger partial charge in [0.05, 0.1) is 12.6 Å². The molecule has 2 nitrogen and oxygen atoms in total. The van der Waals surface area contributed by atoms with Gasteiger partial charge in [-0.2, -0.15) is 0 Å². The number of likely N-dealkylation sites (tertiary alicyclic amines) is 1. The molecule has 0 aromatic heterocycles. The summed E-state index contributed by atoms with van der Waals surface area (Å²) in [5, 5.41) is 10.2. The van der Waals surface area contributed by atoms with Crippen LogP contribution in [0.3, 0.4) is 0 Å². The van der Waals surface area contributed by atoms with Crippen molar-refractivity contribution in [3.8, 4) is 0 Å². The van der Waals surface area contributed by atoms with Gasteiger partial charge in [-0.15, -0.1) is 0 Å². The van der Waals surface area contributed by atoms with Crippen LogP contribution < -0.4 is 0 Å². The molecule has 0 spiro atoms. The highest BCUT2D eigenvalue weighted by Crippen LogP contribution is 2.38. The third kappa shape index (κ3) is 5.32. The molecule has 0 amide bonds. The van der Waals surface area contributed by atoms with E-state index in [-0.39, 0.29) is 12.6 Å². The lowest BCUT2D eigenvalue weighted by atomic mass is 10.00. The summed E-state index contributed by atoms with van der Waals surface area (Å²) in [5.74, 6) is 0. The molecule has 1 fully saturated rings. The highest BCUT2D eigenvalue weighted by molar-refractivity contribution is 5.20. The molecule has 24 heavy (non-hydrogen) atoms. The van der Waals surface area contributed by atoms with Crippen molar-refractivity contribution in [2.45, 2.75) is 96.2 Å². The highest BCUT2D eigenvalue weighted by Gasteiger charge is 2.37. The number of aliphatic hydroxyl groups is 1. The molecule has 0 bridgehead atoms. The van der Waals surface area contributed by atoms with Gasteiger partial charge in [-0.25, -0.2) is 0 Å². The highest BCUT2D eigenvalue weighted by atomic mass is 16.3. The van der Waals surface area contributed by atoms with E-state index in [1.54, 1.807) is 0 Å². The molecule has 1 heterocycles. The first-order chi connectivity index (χ1) is 11.8. The third-order valence-corrected chi connectivity index (χ3v) is 5.68. The molecule has 0 aliphatic carbocycles. The van der Waals surface area contributed by atoms with Crippen molar-refractivity contribution in [1.82, 2.24) is 4.90 Å². The molecule has 0 saturated carbocycles. The minimum absolute atomic E-state index is 0.173. The first-order valence-corrected chi connectivity index (χ1v) is 10.2. The van der Waals surface area contributed by atoms with Gasteiger partial charge >= 0.3 is 0 Å². The Morgan fingerprint density at radius 1 is 0.917 bits per heavy atom. The predicted octanol–water partition coefficient (Wildman–Crippen LogP) is 5.71. The van der Waals surface area contributed by atoms with Gasteiger partial charge in [0.25, 0.3) is 0 Å². The number of unbranched alkanes of at least 4 members (excludes halogenated alkanes) is 4. The Bertz CT molecular complexity index is 415. The second-order valence-corrected chi connectivity index (χ2v) is 7.43. The average molecular weight is 332 g/mol. The van der Waals surface area contributed by atoms with Gasteiger partial charge in [-0.05, 0) is 31.2 Å². The summed E-state index contributed by atoms with van der Waals surface area (Å²) in [6, 6.07) is 12.1. The van der Waals surface area contributed by atoms with Crippen molar-refractivity contribution >= 4 is 0 Å². The van der Waals surface area contributed by atoms with E-state index in [9.17, 15) is 5.11 Å². The zero-order valence-electron chi connectivity index (χ0n) is 15.8. The lowest BCUT2D eigenvalue weighted by molar-refractivity contribution is 0.0686. The predicted molar refractivity (Wildman–Crippen MR) is 103 cm³/mol. The molecule has 1 aromatic rings. The van der Waals surface area contributed by atoms with Crippen molar-refractivity contribution in [3.63, 3.8) is 0 Å². The van der Waals surface area contributed by atoms with Gasteiger partial charge < -0.3 is 5.11 Å². The summed E-state index contributed by atoms with van der Waals surface area (Å²) in [6.45, 7) is 4.79. The minimum Gasteiger partial charge on any atom is -0.394 e. The minimum atomic E-state index is 0.173.